The number of ketones is 1. The van der Waals surface area contributed by atoms with E-state index in [1.54, 1.807) is 11.7 Å². The highest BCUT2D eigenvalue weighted by molar-refractivity contribution is 6.11. The lowest BCUT2D eigenvalue weighted by molar-refractivity contribution is -0.134. The van der Waals surface area contributed by atoms with Crippen LogP contribution in [0.1, 0.15) is 53.4 Å². The summed E-state index contributed by atoms with van der Waals surface area (Å²) in [7, 11) is 1.61. The van der Waals surface area contributed by atoms with Gasteiger partial charge in [-0.3, -0.25) is 19.0 Å². The zero-order valence-electron chi connectivity index (χ0n) is 14.5. The molecule has 0 saturated carbocycles. The van der Waals surface area contributed by atoms with Crippen LogP contribution < -0.4 is 15.0 Å². The molecule has 1 aromatic carbocycles. The number of carbonyl (C=O) groups is 2. The van der Waals surface area contributed by atoms with Crippen LogP contribution in [-0.2, 0) is 16.6 Å². The fourth-order valence-electron chi connectivity index (χ4n) is 4.75. The molecule has 1 aromatic heterocycles. The molecule has 6 nitrogen and oxygen atoms in total. The second kappa shape index (κ2) is 4.84. The Morgan fingerprint density at radius 3 is 2.81 bits per heavy atom. The fraction of sp³-hybridized carbons (Fsp3) is 0.350. The molecule has 0 spiro atoms. The lowest BCUT2D eigenvalue weighted by Crippen LogP contribution is -2.37. The molecule has 0 bridgehead atoms. The summed E-state index contributed by atoms with van der Waals surface area (Å²) in [6.45, 7) is 2.10. The topological polar surface area (TPSA) is 74.6 Å². The molecule has 2 aliphatic heterocycles. The lowest BCUT2D eigenvalue weighted by atomic mass is 9.71. The molecular formula is C20H17NO5. The van der Waals surface area contributed by atoms with E-state index in [2.05, 4.69) is 6.92 Å². The summed E-state index contributed by atoms with van der Waals surface area (Å²) in [6, 6.07) is 5.65. The number of benzene rings is 1. The van der Waals surface area contributed by atoms with Crippen molar-refractivity contribution in [3.63, 3.8) is 0 Å². The first-order valence-electron chi connectivity index (χ1n) is 8.71. The Bertz CT molecular complexity index is 1080. The number of Topliss-reactive ketones (excluding diaryl/α,β-unsaturated/α-hetero) is 1. The van der Waals surface area contributed by atoms with Crippen LogP contribution in [0.15, 0.2) is 23.0 Å². The Morgan fingerprint density at radius 2 is 2.04 bits per heavy atom. The average Bonchev–Trinajstić information content (AvgIpc) is 2.88. The predicted octanol–water partition coefficient (Wildman–Crippen LogP) is 2.29. The van der Waals surface area contributed by atoms with E-state index in [0.29, 0.717) is 6.42 Å². The van der Waals surface area contributed by atoms with Crippen molar-refractivity contribution in [3.05, 3.63) is 50.9 Å². The second-order valence-electron chi connectivity index (χ2n) is 7.31. The first-order valence-corrected chi connectivity index (χ1v) is 8.71. The molecule has 1 atom stereocenters. The van der Waals surface area contributed by atoms with Gasteiger partial charge in [-0.15, -0.1) is 0 Å². The van der Waals surface area contributed by atoms with Gasteiger partial charge < -0.3 is 9.47 Å². The molecule has 132 valence electrons. The van der Waals surface area contributed by atoms with Crippen molar-refractivity contribution in [2.45, 2.75) is 38.0 Å². The Hall–Kier alpha value is -2.89. The van der Waals surface area contributed by atoms with Crippen molar-refractivity contribution in [1.29, 1.82) is 0 Å². The van der Waals surface area contributed by atoms with E-state index in [9.17, 15) is 14.4 Å². The molecule has 0 fully saturated rings. The van der Waals surface area contributed by atoms with Crippen molar-refractivity contribution in [2.75, 3.05) is 7.11 Å². The molecule has 1 unspecified atom stereocenters. The standard InChI is InChI=1S/C20H17NO5/c1-20-7-3-4-11-17-16(14(22)9-15(23)26-17)19(24)21(18(11)20)13-6-5-10(25-2)8-12(13)20/h5-6,8H,3-4,7,9H2,1-2H3. The third kappa shape index (κ3) is 1.69. The zero-order valence-corrected chi connectivity index (χ0v) is 14.5. The Balaban J connectivity index is 1.93. The van der Waals surface area contributed by atoms with Gasteiger partial charge in [0, 0.05) is 16.7 Å². The maximum Gasteiger partial charge on any atom is 0.319 e. The van der Waals surface area contributed by atoms with Crippen molar-refractivity contribution >= 4 is 11.8 Å². The van der Waals surface area contributed by atoms with Gasteiger partial charge in [0.15, 0.2) is 11.5 Å². The Labute approximate surface area is 149 Å². The second-order valence-corrected chi connectivity index (χ2v) is 7.31. The van der Waals surface area contributed by atoms with E-state index in [0.717, 1.165) is 41.1 Å². The number of fused-ring (bicyclic) bond motifs is 5. The highest BCUT2D eigenvalue weighted by atomic mass is 16.5. The zero-order chi connectivity index (χ0) is 18.2. The number of nitrogens with zero attached hydrogens (tertiary/aromatic N) is 1. The Kier molecular flexibility index (Phi) is 2.86. The van der Waals surface area contributed by atoms with Crippen LogP contribution in [0.2, 0.25) is 0 Å². The summed E-state index contributed by atoms with van der Waals surface area (Å²) < 4.78 is 12.4. The van der Waals surface area contributed by atoms with Crippen LogP contribution in [0.25, 0.3) is 5.69 Å². The van der Waals surface area contributed by atoms with Crippen LogP contribution in [0.3, 0.4) is 0 Å². The molecule has 0 amide bonds. The third-order valence-electron chi connectivity index (χ3n) is 5.89. The summed E-state index contributed by atoms with van der Waals surface area (Å²) in [5.74, 6) is -0.131. The van der Waals surface area contributed by atoms with Gasteiger partial charge in [0.1, 0.15) is 17.7 Å². The fourth-order valence-corrected chi connectivity index (χ4v) is 4.75. The summed E-state index contributed by atoms with van der Waals surface area (Å²) in [4.78, 5) is 37.5. The van der Waals surface area contributed by atoms with Gasteiger partial charge in [-0.05, 0) is 49.9 Å². The maximum absolute atomic E-state index is 13.2. The minimum absolute atomic E-state index is 0.0104. The van der Waals surface area contributed by atoms with E-state index in [1.165, 1.54) is 0 Å². The number of ether oxygens (including phenoxy) is 2. The minimum atomic E-state index is -0.590. The third-order valence-corrected chi connectivity index (χ3v) is 5.89. The minimum Gasteiger partial charge on any atom is -0.497 e. The van der Waals surface area contributed by atoms with E-state index >= 15 is 0 Å². The number of carbonyl (C=O) groups excluding carboxylic acids is 2. The summed E-state index contributed by atoms with van der Waals surface area (Å²) >= 11 is 0. The first kappa shape index (κ1) is 15.4. The number of pyridine rings is 1. The van der Waals surface area contributed by atoms with Gasteiger partial charge in [-0.2, -0.15) is 0 Å². The van der Waals surface area contributed by atoms with Gasteiger partial charge in [-0.25, -0.2) is 0 Å². The van der Waals surface area contributed by atoms with Gasteiger partial charge in [-0.1, -0.05) is 0 Å². The normalized spacial score (nSPS) is 22.4. The van der Waals surface area contributed by atoms with Crippen molar-refractivity contribution in [3.8, 4) is 17.2 Å². The van der Waals surface area contributed by atoms with Crippen LogP contribution in [0.5, 0.6) is 11.5 Å². The molecule has 0 N–H and O–H groups in total. The predicted molar refractivity (Wildman–Crippen MR) is 92.6 cm³/mol. The number of methoxy groups -OCH3 is 1. The molecule has 0 saturated heterocycles. The Morgan fingerprint density at radius 1 is 1.23 bits per heavy atom. The number of aromatic nitrogens is 1. The summed E-state index contributed by atoms with van der Waals surface area (Å²) in [5, 5.41) is 0. The molecule has 2 aromatic rings. The monoisotopic (exact) mass is 351 g/mol. The van der Waals surface area contributed by atoms with E-state index in [1.807, 2.05) is 18.2 Å². The van der Waals surface area contributed by atoms with Crippen molar-refractivity contribution in [2.24, 2.45) is 0 Å². The van der Waals surface area contributed by atoms with Gasteiger partial charge >= 0.3 is 5.97 Å². The summed E-state index contributed by atoms with van der Waals surface area (Å²) in [5.41, 5.74) is 2.69. The average molecular weight is 351 g/mol. The maximum atomic E-state index is 13.2. The van der Waals surface area contributed by atoms with Crippen LogP contribution in [-0.4, -0.2) is 23.4 Å². The van der Waals surface area contributed by atoms with E-state index in [4.69, 9.17) is 9.47 Å². The number of rotatable bonds is 1. The van der Waals surface area contributed by atoms with Crippen LogP contribution >= 0.6 is 0 Å². The molecule has 3 heterocycles. The molecule has 6 heteroatoms. The first-order chi connectivity index (χ1) is 12.5. The molecule has 26 heavy (non-hydrogen) atoms. The molecule has 0 radical (unpaired) electrons. The molecule has 1 aliphatic carbocycles. The van der Waals surface area contributed by atoms with Gasteiger partial charge in [0.25, 0.3) is 5.56 Å². The largest absolute Gasteiger partial charge is 0.497 e. The number of hydrogen-bond donors (Lipinski definition) is 0. The molecular weight excluding hydrogens is 334 g/mol. The van der Waals surface area contributed by atoms with Crippen molar-refractivity contribution < 1.29 is 19.1 Å². The van der Waals surface area contributed by atoms with E-state index in [-0.39, 0.29) is 23.1 Å². The number of esters is 1. The van der Waals surface area contributed by atoms with Gasteiger partial charge in [0.05, 0.1) is 12.8 Å². The highest BCUT2D eigenvalue weighted by Gasteiger charge is 2.47. The van der Waals surface area contributed by atoms with Gasteiger partial charge in [0.2, 0.25) is 0 Å². The molecule has 5 rings (SSSR count). The SMILES string of the molecule is COc1ccc2c(c1)C1(C)CCCc3c4c(c(=O)n-2c31)C(=O)CC(=O)O4. The lowest BCUT2D eigenvalue weighted by Gasteiger charge is -2.34. The van der Waals surface area contributed by atoms with Crippen molar-refractivity contribution in [1.82, 2.24) is 4.57 Å². The van der Waals surface area contributed by atoms with E-state index < -0.39 is 17.3 Å². The smallest absolute Gasteiger partial charge is 0.319 e. The van der Waals surface area contributed by atoms with Crippen LogP contribution in [0, 0.1) is 0 Å². The quantitative estimate of drug-likeness (QED) is 0.582. The summed E-state index contributed by atoms with van der Waals surface area (Å²) in [6.07, 6.45) is 2.06. The highest BCUT2D eigenvalue weighted by Crippen LogP contribution is 2.52. The van der Waals surface area contributed by atoms with Crippen LogP contribution in [0.4, 0.5) is 0 Å². The molecule has 3 aliphatic rings. The number of hydrogen-bond acceptors (Lipinski definition) is 5.